The van der Waals surface area contributed by atoms with Crippen molar-refractivity contribution in [1.82, 2.24) is 19.5 Å². The van der Waals surface area contributed by atoms with Crippen LogP contribution in [0.25, 0.3) is 21.9 Å². The molecule has 1 unspecified atom stereocenters. The van der Waals surface area contributed by atoms with E-state index in [1.807, 2.05) is 11.3 Å². The largest absolute Gasteiger partial charge is 0.383 e. The molecule has 0 aliphatic carbocycles. The van der Waals surface area contributed by atoms with Gasteiger partial charge in [-0.25, -0.2) is 15.0 Å². The summed E-state index contributed by atoms with van der Waals surface area (Å²) in [5, 5.41) is 0. The maximum atomic E-state index is 5.54. The van der Waals surface area contributed by atoms with Crippen LogP contribution in [-0.4, -0.2) is 46.4 Å². The molecular weight excluding hydrogens is 396 g/mol. The molecule has 1 saturated heterocycles. The minimum absolute atomic E-state index is 0.220. The first-order chi connectivity index (χ1) is 14.6. The van der Waals surface area contributed by atoms with E-state index >= 15 is 0 Å². The lowest BCUT2D eigenvalue weighted by Gasteiger charge is -2.20. The number of aryl methyl sites for hydroxylation is 3. The van der Waals surface area contributed by atoms with Crippen LogP contribution in [0.3, 0.4) is 0 Å². The van der Waals surface area contributed by atoms with Gasteiger partial charge in [0.15, 0.2) is 11.3 Å². The molecule has 4 heterocycles. The van der Waals surface area contributed by atoms with Gasteiger partial charge < -0.3 is 14.0 Å². The highest BCUT2D eigenvalue weighted by Gasteiger charge is 2.24. The van der Waals surface area contributed by atoms with Crippen LogP contribution in [0.15, 0.2) is 6.07 Å². The van der Waals surface area contributed by atoms with E-state index in [0.29, 0.717) is 12.5 Å². The van der Waals surface area contributed by atoms with E-state index in [2.05, 4.69) is 38.3 Å². The summed E-state index contributed by atoms with van der Waals surface area (Å²) < 4.78 is 13.2. The summed E-state index contributed by atoms with van der Waals surface area (Å²) in [4.78, 5) is 17.5. The van der Waals surface area contributed by atoms with E-state index in [4.69, 9.17) is 24.4 Å². The second-order valence-electron chi connectivity index (χ2n) is 8.12. The molecule has 1 aliphatic rings. The number of thiophene rings is 1. The molecule has 7 heteroatoms. The molecule has 0 radical (unpaired) electrons. The van der Waals surface area contributed by atoms with Crippen LogP contribution in [0.1, 0.15) is 67.0 Å². The molecule has 0 saturated carbocycles. The summed E-state index contributed by atoms with van der Waals surface area (Å²) in [6.07, 6.45) is 4.02. The maximum Gasteiger partial charge on any atom is 0.198 e. The molecule has 3 aromatic rings. The van der Waals surface area contributed by atoms with Crippen LogP contribution < -0.4 is 0 Å². The van der Waals surface area contributed by atoms with Gasteiger partial charge in [-0.3, -0.25) is 0 Å². The average molecular weight is 429 g/mol. The minimum atomic E-state index is 0.220. The Labute approximate surface area is 182 Å². The van der Waals surface area contributed by atoms with Gasteiger partial charge in [0.25, 0.3) is 0 Å². The topological polar surface area (TPSA) is 62.1 Å². The Morgan fingerprint density at radius 1 is 1.20 bits per heavy atom. The zero-order chi connectivity index (χ0) is 21.3. The lowest BCUT2D eigenvalue weighted by molar-refractivity contribution is 0.0860. The number of aromatic nitrogens is 4. The smallest absolute Gasteiger partial charge is 0.198 e. The standard InChI is InChI=1S/C23H32N4O2S/c1-6-17(13-28-5)27-19(7-2)25-22-23(27)24-15(4)20(26-22)21-14(3)12-18(30-21)16-8-10-29-11-9-16/h12,16-17H,6-11,13H2,1-5H3. The van der Waals surface area contributed by atoms with Gasteiger partial charge in [0, 0.05) is 31.6 Å². The quantitative estimate of drug-likeness (QED) is 0.516. The lowest BCUT2D eigenvalue weighted by Crippen LogP contribution is -2.17. The minimum Gasteiger partial charge on any atom is -0.383 e. The predicted octanol–water partition coefficient (Wildman–Crippen LogP) is 5.23. The van der Waals surface area contributed by atoms with E-state index < -0.39 is 0 Å². The molecule has 0 N–H and O–H groups in total. The Bertz CT molecular complexity index is 1020. The number of rotatable bonds is 7. The Hall–Kier alpha value is -1.83. The SMILES string of the molecule is CCc1nc2nc(-c3sc(C4CCOCC4)cc3C)c(C)nc2n1C(CC)COC. The van der Waals surface area contributed by atoms with Gasteiger partial charge in [0.05, 0.1) is 23.2 Å². The fourth-order valence-electron chi connectivity index (χ4n) is 4.37. The summed E-state index contributed by atoms with van der Waals surface area (Å²) in [5.74, 6) is 1.62. The molecule has 1 atom stereocenters. The van der Waals surface area contributed by atoms with Crippen molar-refractivity contribution < 1.29 is 9.47 Å². The van der Waals surface area contributed by atoms with Crippen LogP contribution >= 0.6 is 11.3 Å². The summed E-state index contributed by atoms with van der Waals surface area (Å²) >= 11 is 1.86. The van der Waals surface area contributed by atoms with Crippen molar-refractivity contribution in [2.45, 2.75) is 65.3 Å². The van der Waals surface area contributed by atoms with Crippen LogP contribution in [0, 0.1) is 13.8 Å². The zero-order valence-electron chi connectivity index (χ0n) is 18.7. The lowest BCUT2D eigenvalue weighted by atomic mass is 9.98. The number of imidazole rings is 1. The zero-order valence-corrected chi connectivity index (χ0v) is 19.5. The van der Waals surface area contributed by atoms with E-state index in [-0.39, 0.29) is 6.04 Å². The highest BCUT2D eigenvalue weighted by Crippen LogP contribution is 2.39. The molecule has 30 heavy (non-hydrogen) atoms. The molecular formula is C23H32N4O2S. The molecule has 3 aromatic heterocycles. The van der Waals surface area contributed by atoms with Crippen LogP contribution in [0.2, 0.25) is 0 Å². The van der Waals surface area contributed by atoms with Crippen molar-refractivity contribution in [2.75, 3.05) is 26.9 Å². The van der Waals surface area contributed by atoms with Crippen molar-refractivity contribution in [3.63, 3.8) is 0 Å². The highest BCUT2D eigenvalue weighted by molar-refractivity contribution is 7.15. The molecule has 0 bridgehead atoms. The van der Waals surface area contributed by atoms with Gasteiger partial charge in [-0.2, -0.15) is 0 Å². The second kappa shape index (κ2) is 9.12. The van der Waals surface area contributed by atoms with Crippen molar-refractivity contribution in [3.05, 3.63) is 28.0 Å². The van der Waals surface area contributed by atoms with E-state index in [9.17, 15) is 0 Å². The summed E-state index contributed by atoms with van der Waals surface area (Å²) in [6.45, 7) is 10.9. The van der Waals surface area contributed by atoms with Gasteiger partial charge in [-0.15, -0.1) is 11.3 Å². The first kappa shape index (κ1) is 21.4. The summed E-state index contributed by atoms with van der Waals surface area (Å²) in [6, 6.07) is 2.56. The van der Waals surface area contributed by atoms with Crippen molar-refractivity contribution in [1.29, 1.82) is 0 Å². The maximum absolute atomic E-state index is 5.54. The number of hydrogen-bond donors (Lipinski definition) is 0. The Morgan fingerprint density at radius 2 is 1.97 bits per heavy atom. The third kappa shape index (κ3) is 3.90. The molecule has 0 spiro atoms. The van der Waals surface area contributed by atoms with Crippen LogP contribution in [0.4, 0.5) is 0 Å². The molecule has 1 fully saturated rings. The van der Waals surface area contributed by atoms with Crippen molar-refractivity contribution >= 4 is 22.6 Å². The average Bonchev–Trinajstić information content (AvgIpc) is 3.32. The summed E-state index contributed by atoms with van der Waals surface area (Å²) in [5.41, 5.74) is 4.81. The van der Waals surface area contributed by atoms with Gasteiger partial charge in [-0.1, -0.05) is 13.8 Å². The molecule has 162 valence electrons. The number of ether oxygens (including phenoxy) is 2. The molecule has 6 nitrogen and oxygen atoms in total. The number of hydrogen-bond acceptors (Lipinski definition) is 6. The first-order valence-corrected chi connectivity index (χ1v) is 11.8. The second-order valence-corrected chi connectivity index (χ2v) is 9.21. The normalized spacial score (nSPS) is 16.4. The van der Waals surface area contributed by atoms with E-state index in [0.717, 1.165) is 67.4 Å². The van der Waals surface area contributed by atoms with E-state index in [1.54, 1.807) is 7.11 Å². The Morgan fingerprint density at radius 3 is 2.63 bits per heavy atom. The molecule has 0 aromatic carbocycles. The number of nitrogens with zero attached hydrogens (tertiary/aromatic N) is 4. The van der Waals surface area contributed by atoms with Gasteiger partial charge in [0.1, 0.15) is 11.5 Å². The fraction of sp³-hybridized carbons (Fsp3) is 0.609. The van der Waals surface area contributed by atoms with E-state index in [1.165, 1.54) is 15.3 Å². The van der Waals surface area contributed by atoms with Gasteiger partial charge in [-0.05, 0) is 50.7 Å². The fourth-order valence-corrected chi connectivity index (χ4v) is 5.76. The monoisotopic (exact) mass is 428 g/mol. The first-order valence-electron chi connectivity index (χ1n) is 11.0. The van der Waals surface area contributed by atoms with Crippen molar-refractivity contribution in [3.8, 4) is 10.6 Å². The number of methoxy groups -OCH3 is 1. The van der Waals surface area contributed by atoms with Crippen molar-refractivity contribution in [2.24, 2.45) is 0 Å². The Kier molecular flexibility index (Phi) is 6.51. The molecule has 1 aliphatic heterocycles. The van der Waals surface area contributed by atoms with Crippen LogP contribution in [-0.2, 0) is 15.9 Å². The summed E-state index contributed by atoms with van der Waals surface area (Å²) in [7, 11) is 1.75. The highest BCUT2D eigenvalue weighted by atomic mass is 32.1. The number of fused-ring (bicyclic) bond motifs is 1. The third-order valence-corrected chi connectivity index (χ3v) is 7.47. The van der Waals surface area contributed by atoms with Gasteiger partial charge in [0.2, 0.25) is 0 Å². The molecule has 0 amide bonds. The predicted molar refractivity (Wildman–Crippen MR) is 121 cm³/mol. The molecule has 4 rings (SSSR count). The third-order valence-electron chi connectivity index (χ3n) is 6.06. The van der Waals surface area contributed by atoms with Crippen LogP contribution in [0.5, 0.6) is 0 Å². The Balaban J connectivity index is 1.78. The van der Waals surface area contributed by atoms with Gasteiger partial charge >= 0.3 is 0 Å².